The molecule has 0 radical (unpaired) electrons. The van der Waals surface area contributed by atoms with Gasteiger partial charge in [0.2, 0.25) is 5.88 Å². The molecule has 2 aromatic rings. The number of nitrogens with one attached hydrogen (secondary N) is 1. The number of ether oxygens (including phenoxy) is 1. The van der Waals surface area contributed by atoms with Gasteiger partial charge in [0.05, 0.1) is 9.91 Å². The van der Waals surface area contributed by atoms with Gasteiger partial charge in [-0.3, -0.25) is 10.1 Å². The lowest BCUT2D eigenvalue weighted by atomic mass is 10.3. The number of anilines is 1. The van der Waals surface area contributed by atoms with E-state index in [0.717, 1.165) is 17.8 Å². The van der Waals surface area contributed by atoms with Crippen LogP contribution in [0.15, 0.2) is 36.7 Å². The zero-order valence-corrected chi connectivity index (χ0v) is 12.2. The predicted octanol–water partition coefficient (Wildman–Crippen LogP) is 3.33. The van der Waals surface area contributed by atoms with Crippen molar-refractivity contribution in [3.8, 4) is 11.6 Å². The molecule has 1 aromatic heterocycles. The molecule has 22 heavy (non-hydrogen) atoms. The number of benzene rings is 1. The summed E-state index contributed by atoms with van der Waals surface area (Å²) in [6.45, 7) is 0. The van der Waals surface area contributed by atoms with Crippen molar-refractivity contribution in [1.29, 1.82) is 0 Å². The normalized spacial score (nSPS) is 13.5. The maximum atomic E-state index is 10.6. The molecular formula is C14H12N4O3S. The quantitative estimate of drug-likeness (QED) is 0.514. The van der Waals surface area contributed by atoms with Crippen LogP contribution in [-0.4, -0.2) is 19.9 Å². The topological polar surface area (TPSA) is 90.2 Å². The number of rotatable bonds is 5. The summed E-state index contributed by atoms with van der Waals surface area (Å²) in [6.07, 6.45) is 3.60. The zero-order chi connectivity index (χ0) is 15.5. The lowest BCUT2D eigenvalue weighted by Gasteiger charge is -2.08. The van der Waals surface area contributed by atoms with E-state index in [-0.39, 0.29) is 5.69 Å². The minimum absolute atomic E-state index is 0.00664. The Morgan fingerprint density at radius 1 is 1.32 bits per heavy atom. The highest BCUT2D eigenvalue weighted by Gasteiger charge is 2.26. The molecule has 7 nitrogen and oxygen atoms in total. The highest BCUT2D eigenvalue weighted by molar-refractivity contribution is 7.80. The Hall–Kier alpha value is -2.61. The van der Waals surface area contributed by atoms with Crippen molar-refractivity contribution in [3.63, 3.8) is 0 Å². The van der Waals surface area contributed by atoms with Gasteiger partial charge in [0.1, 0.15) is 17.9 Å². The van der Waals surface area contributed by atoms with Crippen LogP contribution in [0.3, 0.4) is 0 Å². The predicted molar refractivity (Wildman–Crippen MR) is 84.1 cm³/mol. The van der Waals surface area contributed by atoms with Gasteiger partial charge in [-0.25, -0.2) is 9.97 Å². The molecule has 0 amide bonds. The van der Waals surface area contributed by atoms with Gasteiger partial charge in [-0.05, 0) is 25.0 Å². The van der Waals surface area contributed by atoms with Crippen LogP contribution in [0.4, 0.5) is 11.5 Å². The van der Waals surface area contributed by atoms with Crippen molar-refractivity contribution in [1.82, 2.24) is 9.97 Å². The van der Waals surface area contributed by atoms with Gasteiger partial charge >= 0.3 is 0 Å². The maximum absolute atomic E-state index is 10.6. The van der Waals surface area contributed by atoms with E-state index >= 15 is 0 Å². The number of nitrogens with zero attached hydrogens (tertiary/aromatic N) is 3. The Bertz CT molecular complexity index is 716. The van der Waals surface area contributed by atoms with Gasteiger partial charge in [-0.15, -0.1) is 0 Å². The van der Waals surface area contributed by atoms with Gasteiger partial charge in [0, 0.05) is 24.1 Å². The third-order valence-electron chi connectivity index (χ3n) is 3.11. The zero-order valence-electron chi connectivity index (χ0n) is 11.4. The Kier molecular flexibility index (Phi) is 3.92. The first-order chi connectivity index (χ1) is 10.6. The molecule has 1 saturated carbocycles. The van der Waals surface area contributed by atoms with Crippen molar-refractivity contribution >= 4 is 28.7 Å². The highest BCUT2D eigenvalue weighted by atomic mass is 32.1. The Morgan fingerprint density at radius 3 is 2.68 bits per heavy atom. The summed E-state index contributed by atoms with van der Waals surface area (Å²) in [5.41, 5.74) is 0.00664. The third kappa shape index (κ3) is 3.53. The molecule has 1 N–H and O–H groups in total. The second kappa shape index (κ2) is 6.02. The molecule has 0 saturated heterocycles. The molecule has 1 aromatic carbocycles. The summed E-state index contributed by atoms with van der Waals surface area (Å²) in [5, 5.41) is 13.7. The Labute approximate surface area is 131 Å². The summed E-state index contributed by atoms with van der Waals surface area (Å²) in [7, 11) is 0. The third-order valence-corrected chi connectivity index (χ3v) is 3.55. The van der Waals surface area contributed by atoms with Gasteiger partial charge in [0.15, 0.2) is 0 Å². The molecule has 1 aliphatic carbocycles. The fourth-order valence-corrected chi connectivity index (χ4v) is 2.13. The lowest BCUT2D eigenvalue weighted by Crippen LogP contribution is -2.12. The van der Waals surface area contributed by atoms with Gasteiger partial charge in [-0.2, -0.15) is 0 Å². The SMILES string of the molecule is O=[N+]([O-])c1ccc(Oc2cc(NC(=S)C3CC3)ncn2)cc1. The van der Waals surface area contributed by atoms with Crippen LogP contribution in [0.2, 0.25) is 0 Å². The average molecular weight is 316 g/mol. The molecule has 3 rings (SSSR count). The lowest BCUT2D eigenvalue weighted by molar-refractivity contribution is -0.384. The number of hydrogen-bond acceptors (Lipinski definition) is 6. The number of non-ortho nitro benzene ring substituents is 1. The van der Waals surface area contributed by atoms with Crippen molar-refractivity contribution in [2.24, 2.45) is 5.92 Å². The molecule has 1 aliphatic rings. The smallest absolute Gasteiger partial charge is 0.269 e. The van der Waals surface area contributed by atoms with Crippen LogP contribution >= 0.6 is 12.2 Å². The monoisotopic (exact) mass is 316 g/mol. The first kappa shape index (κ1) is 14.3. The molecule has 0 aliphatic heterocycles. The maximum Gasteiger partial charge on any atom is 0.269 e. The summed E-state index contributed by atoms with van der Waals surface area (Å²) in [6, 6.07) is 7.41. The summed E-state index contributed by atoms with van der Waals surface area (Å²) in [5.74, 6) is 1.82. The minimum atomic E-state index is -0.463. The van der Waals surface area contributed by atoms with E-state index in [9.17, 15) is 10.1 Å². The van der Waals surface area contributed by atoms with Crippen molar-refractivity contribution in [2.75, 3.05) is 5.32 Å². The second-order valence-electron chi connectivity index (χ2n) is 4.86. The van der Waals surface area contributed by atoms with E-state index in [4.69, 9.17) is 17.0 Å². The summed E-state index contributed by atoms with van der Waals surface area (Å²) in [4.78, 5) is 19.0. The van der Waals surface area contributed by atoms with Crippen LogP contribution in [0.5, 0.6) is 11.6 Å². The molecule has 8 heteroatoms. The average Bonchev–Trinajstić information content (AvgIpc) is 3.33. The van der Waals surface area contributed by atoms with E-state index in [1.54, 1.807) is 6.07 Å². The van der Waals surface area contributed by atoms with E-state index in [0.29, 0.717) is 23.4 Å². The van der Waals surface area contributed by atoms with Crippen molar-refractivity contribution in [2.45, 2.75) is 12.8 Å². The van der Waals surface area contributed by atoms with Gasteiger partial charge < -0.3 is 10.1 Å². The van der Waals surface area contributed by atoms with E-state index < -0.39 is 4.92 Å². The number of nitro benzene ring substituents is 1. The molecule has 1 fully saturated rings. The molecule has 0 bridgehead atoms. The van der Waals surface area contributed by atoms with Crippen LogP contribution in [-0.2, 0) is 0 Å². The van der Waals surface area contributed by atoms with Crippen LogP contribution < -0.4 is 10.1 Å². The van der Waals surface area contributed by atoms with E-state index in [1.807, 2.05) is 0 Å². The molecule has 1 heterocycles. The number of thiocarbonyl (C=S) groups is 1. The number of hydrogen-bond donors (Lipinski definition) is 1. The summed E-state index contributed by atoms with van der Waals surface area (Å²) >= 11 is 5.26. The fourth-order valence-electron chi connectivity index (χ4n) is 1.79. The van der Waals surface area contributed by atoms with Crippen molar-refractivity contribution in [3.05, 3.63) is 46.8 Å². The molecule has 0 atom stereocenters. The first-order valence-electron chi connectivity index (χ1n) is 6.67. The Morgan fingerprint density at radius 2 is 2.05 bits per heavy atom. The molecule has 0 unspecified atom stereocenters. The van der Waals surface area contributed by atoms with E-state index in [1.165, 1.54) is 30.6 Å². The van der Waals surface area contributed by atoms with E-state index in [2.05, 4.69) is 15.3 Å². The van der Waals surface area contributed by atoms with Crippen LogP contribution in [0.1, 0.15) is 12.8 Å². The minimum Gasteiger partial charge on any atom is -0.439 e. The highest BCUT2D eigenvalue weighted by Crippen LogP contribution is 2.31. The molecular weight excluding hydrogens is 304 g/mol. The number of aromatic nitrogens is 2. The Balaban J connectivity index is 1.69. The molecule has 112 valence electrons. The van der Waals surface area contributed by atoms with Gasteiger partial charge in [-0.1, -0.05) is 12.2 Å². The number of nitro groups is 1. The standard InChI is InChI=1S/C14H12N4O3S/c19-18(20)10-3-5-11(6-4-10)21-13-7-12(15-8-16-13)17-14(22)9-1-2-9/h3-9H,1-2H2,(H,15,16,17,22). The summed E-state index contributed by atoms with van der Waals surface area (Å²) < 4.78 is 5.55. The van der Waals surface area contributed by atoms with Crippen LogP contribution in [0, 0.1) is 16.0 Å². The second-order valence-corrected chi connectivity index (χ2v) is 5.30. The molecule has 0 spiro atoms. The first-order valence-corrected chi connectivity index (χ1v) is 7.08. The van der Waals surface area contributed by atoms with Crippen LogP contribution in [0.25, 0.3) is 0 Å². The largest absolute Gasteiger partial charge is 0.439 e. The van der Waals surface area contributed by atoms with Gasteiger partial charge in [0.25, 0.3) is 5.69 Å². The fraction of sp³-hybridized carbons (Fsp3) is 0.214. The van der Waals surface area contributed by atoms with Crippen molar-refractivity contribution < 1.29 is 9.66 Å².